The molecule has 5 rings (SSSR count). The van der Waals surface area contributed by atoms with Crippen LogP contribution in [0.5, 0.6) is 11.6 Å². The van der Waals surface area contributed by atoms with Crippen LogP contribution in [0.2, 0.25) is 5.02 Å². The second kappa shape index (κ2) is 7.89. The number of piperidine rings is 2. The van der Waals surface area contributed by atoms with Gasteiger partial charge in [-0.1, -0.05) is 18.0 Å². The number of benzene rings is 1. The molecule has 2 aromatic heterocycles. The molecule has 2 N–H and O–H groups in total. The summed E-state index contributed by atoms with van der Waals surface area (Å²) in [5.74, 6) is 0.605. The molecule has 2 fully saturated rings. The Balaban J connectivity index is 1.33. The van der Waals surface area contributed by atoms with Crippen molar-refractivity contribution < 1.29 is 9.84 Å². The van der Waals surface area contributed by atoms with Crippen LogP contribution in [0.1, 0.15) is 32.1 Å². The van der Waals surface area contributed by atoms with Crippen LogP contribution < -0.4 is 10.1 Å². The zero-order valence-corrected chi connectivity index (χ0v) is 17.5. The third-order valence-electron chi connectivity index (χ3n) is 5.98. The quantitative estimate of drug-likeness (QED) is 0.658. The van der Waals surface area contributed by atoms with Crippen molar-refractivity contribution in [2.45, 2.75) is 50.3 Å². The highest BCUT2D eigenvalue weighted by Gasteiger charge is 2.32. The van der Waals surface area contributed by atoms with E-state index in [4.69, 9.17) is 16.3 Å². The minimum absolute atomic E-state index is 0.0902. The number of aryl methyl sites for hydroxylation is 1. The summed E-state index contributed by atoms with van der Waals surface area (Å²) in [7, 11) is 1.83. The lowest BCUT2D eigenvalue weighted by molar-refractivity contribution is 0.0881. The number of aromatic hydroxyl groups is 1. The number of ether oxygens (including phenoxy) is 1. The molecule has 2 bridgehead atoms. The fraction of sp³-hybridized carbons (Fsp3) is 0.409. The lowest BCUT2D eigenvalue weighted by Crippen LogP contribution is -2.51. The van der Waals surface area contributed by atoms with E-state index in [1.54, 1.807) is 29.1 Å². The summed E-state index contributed by atoms with van der Waals surface area (Å²) >= 11 is 6.47. The van der Waals surface area contributed by atoms with Crippen LogP contribution in [0.25, 0.3) is 22.4 Å². The highest BCUT2D eigenvalue weighted by molar-refractivity contribution is 6.33. The summed E-state index contributed by atoms with van der Waals surface area (Å²) in [4.78, 5) is 0. The normalized spacial score (nSPS) is 23.3. The molecule has 2 atom stereocenters. The van der Waals surface area contributed by atoms with Gasteiger partial charge in [-0.15, -0.1) is 10.2 Å². The van der Waals surface area contributed by atoms with E-state index in [-0.39, 0.29) is 11.9 Å². The van der Waals surface area contributed by atoms with Crippen LogP contribution in [-0.2, 0) is 7.05 Å². The fourth-order valence-corrected chi connectivity index (χ4v) is 4.83. The minimum Gasteiger partial charge on any atom is -0.507 e. The summed E-state index contributed by atoms with van der Waals surface area (Å²) in [6.45, 7) is 0. The van der Waals surface area contributed by atoms with Gasteiger partial charge in [0.15, 0.2) is 0 Å². The molecule has 156 valence electrons. The Morgan fingerprint density at radius 2 is 1.93 bits per heavy atom. The smallest absolute Gasteiger partial charge is 0.233 e. The highest BCUT2D eigenvalue weighted by atomic mass is 35.5. The molecule has 0 radical (unpaired) electrons. The number of phenolic OH excluding ortho intramolecular Hbond substituents is 1. The maximum Gasteiger partial charge on any atom is 0.233 e. The third kappa shape index (κ3) is 3.87. The van der Waals surface area contributed by atoms with Gasteiger partial charge in [0.05, 0.1) is 11.9 Å². The second-order valence-electron chi connectivity index (χ2n) is 8.21. The SMILES string of the molecule is Cn1cc(-c2cc(O)c(-c3ccc(OC4CC5CCCC(C4)N5)nn3)cc2Cl)cn1. The first-order valence-corrected chi connectivity index (χ1v) is 10.7. The summed E-state index contributed by atoms with van der Waals surface area (Å²) < 4.78 is 7.80. The van der Waals surface area contributed by atoms with Gasteiger partial charge in [-0.3, -0.25) is 4.68 Å². The standard InChI is InChI=1S/C22H24ClN5O2/c1-28-12-13(11-24-28)17-10-21(29)18(9-19(17)23)20-5-6-22(27-26-20)30-16-7-14-3-2-4-15(8-16)25-14/h5-6,9-12,14-16,25,29H,2-4,7-8H2,1H3. The molecular formula is C22H24ClN5O2. The molecule has 30 heavy (non-hydrogen) atoms. The number of phenols is 1. The van der Waals surface area contributed by atoms with Gasteiger partial charge in [-0.25, -0.2) is 0 Å². The highest BCUT2D eigenvalue weighted by Crippen LogP contribution is 2.38. The molecule has 4 heterocycles. The van der Waals surface area contributed by atoms with Gasteiger partial charge < -0.3 is 15.2 Å². The van der Waals surface area contributed by atoms with E-state index in [0.717, 1.165) is 24.0 Å². The summed E-state index contributed by atoms with van der Waals surface area (Å²) in [5.41, 5.74) is 2.63. The molecule has 7 nitrogen and oxygen atoms in total. The minimum atomic E-state index is 0.0902. The second-order valence-corrected chi connectivity index (χ2v) is 8.62. The number of nitrogens with one attached hydrogen (secondary N) is 1. The van der Waals surface area contributed by atoms with E-state index >= 15 is 0 Å². The Hall–Kier alpha value is -2.64. The number of hydrogen-bond acceptors (Lipinski definition) is 6. The van der Waals surface area contributed by atoms with Crippen LogP contribution >= 0.6 is 11.6 Å². The molecule has 0 amide bonds. The molecule has 3 aromatic rings. The first-order valence-electron chi connectivity index (χ1n) is 10.3. The van der Waals surface area contributed by atoms with E-state index in [1.165, 1.54) is 19.3 Å². The molecule has 8 heteroatoms. The van der Waals surface area contributed by atoms with Crippen molar-refractivity contribution >= 4 is 11.6 Å². The van der Waals surface area contributed by atoms with Gasteiger partial charge >= 0.3 is 0 Å². The van der Waals surface area contributed by atoms with Gasteiger partial charge in [0.2, 0.25) is 5.88 Å². The number of nitrogens with zero attached hydrogens (tertiary/aromatic N) is 4. The van der Waals surface area contributed by atoms with Crippen molar-refractivity contribution in [3.63, 3.8) is 0 Å². The van der Waals surface area contributed by atoms with Crippen LogP contribution in [0.3, 0.4) is 0 Å². The average Bonchev–Trinajstić information content (AvgIpc) is 3.16. The summed E-state index contributed by atoms with van der Waals surface area (Å²) in [6, 6.07) is 8.05. The zero-order valence-electron chi connectivity index (χ0n) is 16.8. The molecule has 2 saturated heterocycles. The number of halogens is 1. The van der Waals surface area contributed by atoms with Crippen molar-refractivity contribution in [3.05, 3.63) is 41.7 Å². The summed E-state index contributed by atoms with van der Waals surface area (Å²) in [5, 5.41) is 27.4. The average molecular weight is 426 g/mol. The van der Waals surface area contributed by atoms with Gasteiger partial charge in [0.25, 0.3) is 0 Å². The maximum atomic E-state index is 10.6. The topological polar surface area (TPSA) is 85.1 Å². The molecule has 0 spiro atoms. The molecule has 1 aromatic carbocycles. The van der Waals surface area contributed by atoms with Crippen LogP contribution in [-0.4, -0.2) is 43.3 Å². The Morgan fingerprint density at radius 3 is 2.60 bits per heavy atom. The van der Waals surface area contributed by atoms with E-state index in [1.807, 2.05) is 19.3 Å². The first kappa shape index (κ1) is 19.3. The largest absolute Gasteiger partial charge is 0.507 e. The van der Waals surface area contributed by atoms with E-state index in [9.17, 15) is 5.11 Å². The van der Waals surface area contributed by atoms with Crippen molar-refractivity contribution in [1.29, 1.82) is 0 Å². The molecule has 0 saturated carbocycles. The number of fused-ring (bicyclic) bond motifs is 2. The first-order chi connectivity index (χ1) is 14.5. The molecule has 2 aliphatic heterocycles. The van der Waals surface area contributed by atoms with Crippen LogP contribution in [0, 0.1) is 0 Å². The van der Waals surface area contributed by atoms with Crippen LogP contribution in [0.4, 0.5) is 0 Å². The predicted molar refractivity (Wildman–Crippen MR) is 115 cm³/mol. The van der Waals surface area contributed by atoms with Crippen molar-refractivity contribution in [2.24, 2.45) is 7.05 Å². The Bertz CT molecular complexity index is 1040. The predicted octanol–water partition coefficient (Wildman–Crippen LogP) is 3.96. The monoisotopic (exact) mass is 425 g/mol. The Labute approximate surface area is 180 Å². The Kier molecular flexibility index (Phi) is 5.08. The van der Waals surface area contributed by atoms with Gasteiger partial charge in [-0.05, 0) is 43.9 Å². The van der Waals surface area contributed by atoms with Crippen LogP contribution in [0.15, 0.2) is 36.7 Å². The third-order valence-corrected chi connectivity index (χ3v) is 6.29. The number of hydrogen-bond donors (Lipinski definition) is 2. The van der Waals surface area contributed by atoms with Crippen molar-refractivity contribution in [2.75, 3.05) is 0 Å². The van der Waals surface area contributed by atoms with Gasteiger partial charge in [0.1, 0.15) is 11.9 Å². The maximum absolute atomic E-state index is 10.6. The molecule has 2 unspecified atom stereocenters. The molecule has 2 aliphatic rings. The van der Waals surface area contributed by atoms with E-state index < -0.39 is 0 Å². The van der Waals surface area contributed by atoms with E-state index in [0.29, 0.717) is 34.2 Å². The lowest BCUT2D eigenvalue weighted by Gasteiger charge is -2.39. The molecular weight excluding hydrogens is 402 g/mol. The number of rotatable bonds is 4. The van der Waals surface area contributed by atoms with Crippen molar-refractivity contribution in [1.82, 2.24) is 25.3 Å². The zero-order chi connectivity index (χ0) is 20.7. The Morgan fingerprint density at radius 1 is 1.13 bits per heavy atom. The van der Waals surface area contributed by atoms with E-state index in [2.05, 4.69) is 20.6 Å². The van der Waals surface area contributed by atoms with Crippen molar-refractivity contribution in [3.8, 4) is 34.0 Å². The molecule has 0 aliphatic carbocycles. The number of aromatic nitrogens is 4. The van der Waals surface area contributed by atoms with Gasteiger partial charge in [-0.2, -0.15) is 5.10 Å². The lowest BCUT2D eigenvalue weighted by atomic mass is 9.85. The fourth-order valence-electron chi connectivity index (χ4n) is 4.56. The van der Waals surface area contributed by atoms with Gasteiger partial charge in [0, 0.05) is 53.1 Å². The summed E-state index contributed by atoms with van der Waals surface area (Å²) in [6.07, 6.45) is 9.48.